The second-order valence-corrected chi connectivity index (χ2v) is 7.23. The van der Waals surface area contributed by atoms with Gasteiger partial charge in [0.15, 0.2) is 5.82 Å². The van der Waals surface area contributed by atoms with Crippen LogP contribution in [0, 0.1) is 5.82 Å². The van der Waals surface area contributed by atoms with Crippen LogP contribution in [0.25, 0.3) is 0 Å². The maximum absolute atomic E-state index is 14.0. The number of morpholine rings is 1. The van der Waals surface area contributed by atoms with E-state index in [0.717, 1.165) is 6.07 Å². The Morgan fingerprint density at radius 2 is 1.90 bits per heavy atom. The molecule has 2 N–H and O–H groups in total. The molecule has 0 radical (unpaired) electrons. The van der Waals surface area contributed by atoms with Crippen LogP contribution < -0.4 is 5.73 Å². The molecule has 1 aliphatic heterocycles. The van der Waals surface area contributed by atoms with Crippen molar-refractivity contribution < 1.29 is 17.5 Å². The molecule has 0 saturated carbocycles. The van der Waals surface area contributed by atoms with E-state index in [1.807, 2.05) is 0 Å². The fourth-order valence-electron chi connectivity index (χ4n) is 2.24. The van der Waals surface area contributed by atoms with Crippen LogP contribution >= 0.6 is 11.6 Å². The van der Waals surface area contributed by atoms with E-state index < -0.39 is 20.7 Å². The molecule has 1 aliphatic rings. The summed E-state index contributed by atoms with van der Waals surface area (Å²) >= 11 is 5.77. The molecule has 1 heterocycles. The van der Waals surface area contributed by atoms with Crippen molar-refractivity contribution in [1.82, 2.24) is 4.31 Å². The van der Waals surface area contributed by atoms with Gasteiger partial charge in [-0.25, -0.2) is 12.8 Å². The van der Waals surface area contributed by atoms with Gasteiger partial charge >= 0.3 is 0 Å². The van der Waals surface area contributed by atoms with E-state index in [9.17, 15) is 12.8 Å². The van der Waals surface area contributed by atoms with Gasteiger partial charge in [-0.05, 0) is 26.0 Å². The second kappa shape index (κ2) is 5.48. The molecule has 1 saturated heterocycles. The van der Waals surface area contributed by atoms with Gasteiger partial charge in [0.25, 0.3) is 0 Å². The van der Waals surface area contributed by atoms with Gasteiger partial charge in [0.05, 0.1) is 17.9 Å². The van der Waals surface area contributed by atoms with Crippen molar-refractivity contribution in [3.05, 3.63) is 23.0 Å². The molecule has 0 unspecified atom stereocenters. The van der Waals surface area contributed by atoms with Gasteiger partial charge in [0, 0.05) is 18.1 Å². The van der Waals surface area contributed by atoms with Crippen LogP contribution in [-0.4, -0.2) is 38.0 Å². The van der Waals surface area contributed by atoms with Crippen LogP contribution in [0.4, 0.5) is 10.1 Å². The van der Waals surface area contributed by atoms with Gasteiger partial charge in [-0.15, -0.1) is 0 Å². The molecular weight excluding hydrogens is 307 g/mol. The summed E-state index contributed by atoms with van der Waals surface area (Å²) in [6.07, 6.45) is -0.513. The van der Waals surface area contributed by atoms with Crippen LogP contribution in [-0.2, 0) is 14.8 Å². The number of halogens is 2. The Hall–Kier alpha value is -0.890. The first-order valence-electron chi connectivity index (χ1n) is 6.12. The molecule has 0 spiro atoms. The smallest absolute Gasteiger partial charge is 0.246 e. The fourth-order valence-corrected chi connectivity index (χ4v) is 4.24. The van der Waals surface area contributed by atoms with Crippen LogP contribution in [0.5, 0.6) is 0 Å². The minimum Gasteiger partial charge on any atom is -0.396 e. The molecule has 1 aromatic carbocycles. The van der Waals surface area contributed by atoms with Gasteiger partial charge < -0.3 is 10.5 Å². The highest BCUT2D eigenvalue weighted by Gasteiger charge is 2.34. The first-order chi connectivity index (χ1) is 9.21. The molecular formula is C12H16ClFN2O3S. The maximum atomic E-state index is 14.0. The lowest BCUT2D eigenvalue weighted by molar-refractivity contribution is -0.0441. The number of nitrogens with zero attached hydrogens (tertiary/aromatic N) is 1. The van der Waals surface area contributed by atoms with E-state index in [0.29, 0.717) is 0 Å². The van der Waals surface area contributed by atoms with Crippen molar-refractivity contribution in [1.29, 1.82) is 0 Å². The van der Waals surface area contributed by atoms with E-state index in [1.54, 1.807) is 13.8 Å². The Bertz CT molecular complexity index is 613. The summed E-state index contributed by atoms with van der Waals surface area (Å²) in [5.41, 5.74) is 5.15. The second-order valence-electron chi connectivity index (χ2n) is 4.89. The van der Waals surface area contributed by atoms with E-state index in [2.05, 4.69) is 0 Å². The predicted octanol–water partition coefficient (Wildman–Crippen LogP) is 1.86. The number of anilines is 1. The predicted molar refractivity (Wildman–Crippen MR) is 74.6 cm³/mol. The van der Waals surface area contributed by atoms with E-state index >= 15 is 0 Å². The number of sulfonamides is 1. The van der Waals surface area contributed by atoms with Crippen LogP contribution in [0.15, 0.2) is 17.0 Å². The Labute approximate surface area is 122 Å². The molecule has 2 atom stereocenters. The third kappa shape index (κ3) is 2.90. The van der Waals surface area contributed by atoms with E-state index in [4.69, 9.17) is 22.1 Å². The van der Waals surface area contributed by atoms with Crippen molar-refractivity contribution in [2.45, 2.75) is 31.0 Å². The zero-order chi connectivity index (χ0) is 15.1. The van der Waals surface area contributed by atoms with Gasteiger partial charge in [-0.3, -0.25) is 0 Å². The summed E-state index contributed by atoms with van der Waals surface area (Å²) in [5, 5.41) is 0.0804. The third-order valence-corrected chi connectivity index (χ3v) is 5.09. The van der Waals surface area contributed by atoms with Crippen LogP contribution in [0.1, 0.15) is 13.8 Å². The minimum atomic E-state index is -3.99. The van der Waals surface area contributed by atoms with Crippen LogP contribution in [0.3, 0.4) is 0 Å². The Morgan fingerprint density at radius 1 is 1.35 bits per heavy atom. The molecule has 0 bridgehead atoms. The van der Waals surface area contributed by atoms with Crippen molar-refractivity contribution in [2.24, 2.45) is 0 Å². The van der Waals surface area contributed by atoms with Gasteiger partial charge in [-0.2, -0.15) is 4.31 Å². The number of hydrogen-bond donors (Lipinski definition) is 1. The number of hydrogen-bond acceptors (Lipinski definition) is 4. The minimum absolute atomic E-state index is 0.0804. The van der Waals surface area contributed by atoms with Crippen molar-refractivity contribution in [3.8, 4) is 0 Å². The zero-order valence-electron chi connectivity index (χ0n) is 11.1. The molecule has 20 heavy (non-hydrogen) atoms. The molecule has 1 fully saturated rings. The number of benzene rings is 1. The summed E-state index contributed by atoms with van der Waals surface area (Å²) in [7, 11) is -3.99. The summed E-state index contributed by atoms with van der Waals surface area (Å²) in [6.45, 7) is 3.86. The molecule has 0 aromatic heterocycles. The SMILES string of the molecule is C[C@@H]1CN(S(=O)(=O)c2cc(Cl)cc(N)c2F)C[C@H](C)O1. The molecule has 0 amide bonds. The molecule has 8 heteroatoms. The molecule has 112 valence electrons. The first kappa shape index (κ1) is 15.5. The lowest BCUT2D eigenvalue weighted by Gasteiger charge is -2.34. The average molecular weight is 323 g/mol. The summed E-state index contributed by atoms with van der Waals surface area (Å²) < 4.78 is 45.7. The van der Waals surface area contributed by atoms with Crippen LogP contribution in [0.2, 0.25) is 5.02 Å². The number of rotatable bonds is 2. The lowest BCUT2D eigenvalue weighted by atomic mass is 10.3. The first-order valence-corrected chi connectivity index (χ1v) is 7.93. The summed E-state index contributed by atoms with van der Waals surface area (Å²) in [5.74, 6) is -0.971. The third-order valence-electron chi connectivity index (χ3n) is 3.04. The van der Waals surface area contributed by atoms with Crippen molar-refractivity contribution in [2.75, 3.05) is 18.8 Å². The Balaban J connectivity index is 2.45. The van der Waals surface area contributed by atoms with E-state index in [1.165, 1.54) is 10.4 Å². The highest BCUT2D eigenvalue weighted by atomic mass is 35.5. The quantitative estimate of drug-likeness (QED) is 0.844. The zero-order valence-corrected chi connectivity index (χ0v) is 12.7. The molecule has 1 aromatic rings. The molecule has 0 aliphatic carbocycles. The standard InChI is InChI=1S/C12H16ClFN2O3S/c1-7-5-16(6-8(2)19-7)20(17,18)11-4-9(13)3-10(15)12(11)14/h3-4,7-8H,5-6,15H2,1-2H3/t7-,8+. The number of ether oxygens (including phenoxy) is 1. The van der Waals surface area contributed by atoms with Gasteiger partial charge in [-0.1, -0.05) is 11.6 Å². The normalized spacial score (nSPS) is 24.8. The maximum Gasteiger partial charge on any atom is 0.246 e. The van der Waals surface area contributed by atoms with Crippen molar-refractivity contribution in [3.63, 3.8) is 0 Å². The fraction of sp³-hybridized carbons (Fsp3) is 0.500. The topological polar surface area (TPSA) is 72.6 Å². The highest BCUT2D eigenvalue weighted by Crippen LogP contribution is 2.29. The molecule has 2 rings (SSSR count). The van der Waals surface area contributed by atoms with E-state index in [-0.39, 0.29) is 36.0 Å². The monoisotopic (exact) mass is 322 g/mol. The summed E-state index contributed by atoms with van der Waals surface area (Å²) in [6, 6.07) is 2.26. The highest BCUT2D eigenvalue weighted by molar-refractivity contribution is 7.89. The average Bonchev–Trinajstić information content (AvgIpc) is 2.32. The Kier molecular flexibility index (Phi) is 4.24. The van der Waals surface area contributed by atoms with Gasteiger partial charge in [0.2, 0.25) is 10.0 Å². The summed E-state index contributed by atoms with van der Waals surface area (Å²) in [4.78, 5) is -0.496. The number of nitrogens with two attached hydrogens (primary N) is 1. The van der Waals surface area contributed by atoms with Gasteiger partial charge in [0.1, 0.15) is 4.90 Å². The van der Waals surface area contributed by atoms with Crippen molar-refractivity contribution >= 4 is 27.3 Å². The lowest BCUT2D eigenvalue weighted by Crippen LogP contribution is -2.48. The largest absolute Gasteiger partial charge is 0.396 e. The Morgan fingerprint density at radius 3 is 2.45 bits per heavy atom. The number of nitrogen functional groups attached to an aromatic ring is 1. The molecule has 5 nitrogen and oxygen atoms in total.